The average molecular weight is 351 g/mol. The Kier molecular flexibility index (Phi) is 4.68. The fourth-order valence-corrected chi connectivity index (χ4v) is 4.25. The third-order valence-electron chi connectivity index (χ3n) is 5.82. The van der Waals surface area contributed by atoms with E-state index >= 15 is 0 Å². The van der Waals surface area contributed by atoms with Crippen LogP contribution in [0.25, 0.3) is 11.1 Å². The summed E-state index contributed by atoms with van der Waals surface area (Å²) in [7, 11) is 0. The van der Waals surface area contributed by atoms with Gasteiger partial charge in [-0.05, 0) is 47.9 Å². The third-order valence-corrected chi connectivity index (χ3v) is 5.82. The molecule has 0 radical (unpaired) electrons. The molecular formula is C22H25NO3. The van der Waals surface area contributed by atoms with Gasteiger partial charge in [-0.15, -0.1) is 0 Å². The fourth-order valence-electron chi connectivity index (χ4n) is 4.25. The molecule has 1 unspecified atom stereocenters. The van der Waals surface area contributed by atoms with Gasteiger partial charge in [-0.25, -0.2) is 4.79 Å². The van der Waals surface area contributed by atoms with Gasteiger partial charge in [-0.2, -0.15) is 0 Å². The topological polar surface area (TPSA) is 49.8 Å². The first kappa shape index (κ1) is 17.1. The second-order valence-electron chi connectivity index (χ2n) is 7.37. The molecule has 2 aromatic rings. The van der Waals surface area contributed by atoms with Crippen LogP contribution >= 0.6 is 0 Å². The Bertz CT molecular complexity index is 748. The van der Waals surface area contributed by atoms with Gasteiger partial charge >= 0.3 is 6.09 Å². The number of aliphatic hydroxyl groups excluding tert-OH is 1. The molecule has 2 aliphatic rings. The first-order chi connectivity index (χ1) is 12.6. The van der Waals surface area contributed by atoms with E-state index < -0.39 is 0 Å². The van der Waals surface area contributed by atoms with E-state index in [1.54, 1.807) is 4.90 Å². The lowest BCUT2D eigenvalue weighted by Gasteiger charge is -2.32. The number of aliphatic hydroxyl groups is 1. The van der Waals surface area contributed by atoms with E-state index in [9.17, 15) is 9.90 Å². The van der Waals surface area contributed by atoms with Gasteiger partial charge in [-0.3, -0.25) is 0 Å². The van der Waals surface area contributed by atoms with Gasteiger partial charge < -0.3 is 14.7 Å². The van der Waals surface area contributed by atoms with E-state index in [2.05, 4.69) is 36.4 Å². The molecular weight excluding hydrogens is 326 g/mol. The van der Waals surface area contributed by atoms with E-state index in [1.165, 1.54) is 22.3 Å². The van der Waals surface area contributed by atoms with E-state index in [4.69, 9.17) is 4.74 Å². The van der Waals surface area contributed by atoms with Crippen LogP contribution in [-0.4, -0.2) is 41.9 Å². The molecule has 0 aromatic heterocycles. The van der Waals surface area contributed by atoms with Crippen LogP contribution in [0.3, 0.4) is 0 Å². The van der Waals surface area contributed by atoms with Crippen LogP contribution in [0.4, 0.5) is 4.79 Å². The zero-order valence-electron chi connectivity index (χ0n) is 15.1. The fraction of sp³-hybridized carbons (Fsp3) is 0.409. The molecule has 1 atom stereocenters. The van der Waals surface area contributed by atoms with Crippen LogP contribution in [0.1, 0.15) is 36.8 Å². The average Bonchev–Trinajstić information content (AvgIpc) is 3.00. The Hall–Kier alpha value is -2.33. The minimum Gasteiger partial charge on any atom is -0.448 e. The minimum atomic E-state index is -0.306. The van der Waals surface area contributed by atoms with Crippen LogP contribution in [0.2, 0.25) is 0 Å². The SMILES string of the molecule is CC(O)C1CCN(C(=O)OCC2c3ccccc3-c3ccccc32)CC1. The van der Waals surface area contributed by atoms with E-state index in [1.807, 2.05) is 19.1 Å². The molecule has 2 aromatic carbocycles. The maximum Gasteiger partial charge on any atom is 0.409 e. The molecule has 1 aliphatic carbocycles. The van der Waals surface area contributed by atoms with Gasteiger partial charge in [0, 0.05) is 19.0 Å². The first-order valence-electron chi connectivity index (χ1n) is 9.43. The number of ether oxygens (including phenoxy) is 1. The second kappa shape index (κ2) is 7.12. The molecule has 1 amide bonds. The third kappa shape index (κ3) is 3.10. The summed E-state index contributed by atoms with van der Waals surface area (Å²) < 4.78 is 5.70. The first-order valence-corrected chi connectivity index (χ1v) is 9.43. The number of hydrogen-bond acceptors (Lipinski definition) is 3. The Balaban J connectivity index is 1.43. The van der Waals surface area contributed by atoms with Crippen molar-refractivity contribution in [2.24, 2.45) is 5.92 Å². The molecule has 1 fully saturated rings. The standard InChI is InChI=1S/C22H25NO3/c1-15(24)16-10-12-23(13-11-16)22(25)26-14-21-19-8-4-2-6-17(19)18-7-3-5-9-20(18)21/h2-9,15-16,21,24H,10-14H2,1H3. The summed E-state index contributed by atoms with van der Waals surface area (Å²) in [6, 6.07) is 16.7. The zero-order valence-corrected chi connectivity index (χ0v) is 15.1. The van der Waals surface area contributed by atoms with Crippen molar-refractivity contribution >= 4 is 6.09 Å². The Labute approximate surface area is 154 Å². The van der Waals surface area contributed by atoms with Crippen LogP contribution in [0.5, 0.6) is 0 Å². The Morgan fingerprint density at radius 3 is 2.15 bits per heavy atom. The lowest BCUT2D eigenvalue weighted by atomic mass is 9.92. The van der Waals surface area contributed by atoms with E-state index in [0.29, 0.717) is 19.7 Å². The highest BCUT2D eigenvalue weighted by Crippen LogP contribution is 2.44. The van der Waals surface area contributed by atoms with Crippen molar-refractivity contribution in [2.75, 3.05) is 19.7 Å². The molecule has 1 heterocycles. The molecule has 0 saturated carbocycles. The summed E-state index contributed by atoms with van der Waals surface area (Å²) in [5.41, 5.74) is 4.94. The van der Waals surface area contributed by atoms with Crippen LogP contribution < -0.4 is 0 Å². The summed E-state index contributed by atoms with van der Waals surface area (Å²) in [6.07, 6.45) is 1.12. The van der Waals surface area contributed by atoms with Crippen LogP contribution in [-0.2, 0) is 4.74 Å². The normalized spacial score (nSPS) is 18.3. The number of nitrogens with zero attached hydrogens (tertiary/aromatic N) is 1. The highest BCUT2D eigenvalue weighted by Gasteiger charge is 2.31. The Morgan fingerprint density at radius 2 is 1.62 bits per heavy atom. The molecule has 1 saturated heterocycles. The maximum atomic E-state index is 12.5. The van der Waals surface area contributed by atoms with Gasteiger partial charge in [0.1, 0.15) is 6.61 Å². The maximum absolute atomic E-state index is 12.5. The summed E-state index contributed by atoms with van der Waals surface area (Å²) in [5.74, 6) is 0.383. The predicted molar refractivity (Wildman–Crippen MR) is 101 cm³/mol. The number of carbonyl (C=O) groups excluding carboxylic acids is 1. The molecule has 0 spiro atoms. The number of amides is 1. The number of fused-ring (bicyclic) bond motifs is 3. The van der Waals surface area contributed by atoms with Crippen molar-refractivity contribution in [2.45, 2.75) is 31.8 Å². The lowest BCUT2D eigenvalue weighted by molar-refractivity contribution is 0.0544. The number of likely N-dealkylation sites (tertiary alicyclic amines) is 1. The van der Waals surface area contributed by atoms with Gasteiger partial charge in [0.05, 0.1) is 6.10 Å². The highest BCUT2D eigenvalue weighted by molar-refractivity contribution is 5.79. The van der Waals surface area contributed by atoms with Gasteiger partial charge in [-0.1, -0.05) is 48.5 Å². The molecule has 26 heavy (non-hydrogen) atoms. The summed E-state index contributed by atoms with van der Waals surface area (Å²) >= 11 is 0. The van der Waals surface area contributed by atoms with Gasteiger partial charge in [0.15, 0.2) is 0 Å². The number of benzene rings is 2. The lowest BCUT2D eigenvalue weighted by Crippen LogP contribution is -2.41. The van der Waals surface area contributed by atoms with Crippen molar-refractivity contribution in [3.05, 3.63) is 59.7 Å². The molecule has 4 heteroatoms. The zero-order chi connectivity index (χ0) is 18.1. The smallest absolute Gasteiger partial charge is 0.409 e. The largest absolute Gasteiger partial charge is 0.448 e. The molecule has 0 bridgehead atoms. The Morgan fingerprint density at radius 1 is 1.08 bits per heavy atom. The van der Waals surface area contributed by atoms with Crippen molar-refractivity contribution in [3.63, 3.8) is 0 Å². The van der Waals surface area contributed by atoms with E-state index in [-0.39, 0.29) is 24.0 Å². The predicted octanol–water partition coefficient (Wildman–Crippen LogP) is 4.03. The molecule has 4 nitrogen and oxygen atoms in total. The monoisotopic (exact) mass is 351 g/mol. The second-order valence-corrected chi connectivity index (χ2v) is 7.37. The van der Waals surface area contributed by atoms with Crippen molar-refractivity contribution in [1.29, 1.82) is 0 Å². The number of rotatable bonds is 3. The summed E-state index contributed by atoms with van der Waals surface area (Å²) in [6.45, 7) is 3.51. The molecule has 1 N–H and O–H groups in total. The van der Waals surface area contributed by atoms with Crippen LogP contribution in [0, 0.1) is 5.92 Å². The minimum absolute atomic E-state index is 0.0985. The molecule has 4 rings (SSSR count). The van der Waals surface area contributed by atoms with E-state index in [0.717, 1.165) is 12.8 Å². The number of hydrogen-bond donors (Lipinski definition) is 1. The molecule has 1 aliphatic heterocycles. The summed E-state index contributed by atoms with van der Waals surface area (Å²) in [4.78, 5) is 14.3. The molecule has 136 valence electrons. The highest BCUT2D eigenvalue weighted by atomic mass is 16.6. The number of carbonyl (C=O) groups is 1. The quantitative estimate of drug-likeness (QED) is 0.908. The van der Waals surface area contributed by atoms with Gasteiger partial charge in [0.2, 0.25) is 0 Å². The van der Waals surface area contributed by atoms with Crippen molar-refractivity contribution in [3.8, 4) is 11.1 Å². The van der Waals surface area contributed by atoms with Gasteiger partial charge in [0.25, 0.3) is 0 Å². The number of piperidine rings is 1. The van der Waals surface area contributed by atoms with Crippen LogP contribution in [0.15, 0.2) is 48.5 Å². The van der Waals surface area contributed by atoms with Crippen molar-refractivity contribution in [1.82, 2.24) is 4.90 Å². The summed E-state index contributed by atoms with van der Waals surface area (Å²) in [5, 5.41) is 9.70. The van der Waals surface area contributed by atoms with Crippen molar-refractivity contribution < 1.29 is 14.6 Å².